The van der Waals surface area contributed by atoms with Crippen LogP contribution >= 0.6 is 0 Å². The number of aromatic hydroxyl groups is 3. The third-order valence-corrected chi connectivity index (χ3v) is 3.10. The van der Waals surface area contributed by atoms with Gasteiger partial charge in [-0.05, 0) is 18.3 Å². The van der Waals surface area contributed by atoms with E-state index in [0.717, 1.165) is 5.56 Å². The van der Waals surface area contributed by atoms with Gasteiger partial charge in [0.05, 0.1) is 0 Å². The first-order chi connectivity index (χ1) is 7.82. The van der Waals surface area contributed by atoms with Gasteiger partial charge in [0.1, 0.15) is 5.75 Å². The molecule has 0 amide bonds. The Hall–Kier alpha value is -1.38. The first kappa shape index (κ1) is 13.7. The second-order valence-electron chi connectivity index (χ2n) is 5.01. The molecule has 0 aliphatic rings. The highest BCUT2D eigenvalue weighted by atomic mass is 16.3. The van der Waals surface area contributed by atoms with E-state index in [0.29, 0.717) is 17.5 Å². The Morgan fingerprint density at radius 3 is 1.53 bits per heavy atom. The summed E-state index contributed by atoms with van der Waals surface area (Å²) in [6, 6.07) is 0. The molecule has 0 saturated heterocycles. The maximum absolute atomic E-state index is 10.2. The first-order valence-electron chi connectivity index (χ1n) is 6.12. The molecule has 0 saturated carbocycles. The van der Waals surface area contributed by atoms with Crippen molar-refractivity contribution < 1.29 is 15.3 Å². The molecule has 1 aromatic rings. The van der Waals surface area contributed by atoms with Gasteiger partial charge in [-0.3, -0.25) is 0 Å². The SMILES string of the molecule is CCc1c(O)c(O)c(C(C)C)c(C(C)C)c1O. The fraction of sp³-hybridized carbons (Fsp3) is 0.571. The van der Waals surface area contributed by atoms with Crippen molar-refractivity contribution in [1.82, 2.24) is 0 Å². The van der Waals surface area contributed by atoms with Crippen LogP contribution in [0.25, 0.3) is 0 Å². The molecule has 3 heteroatoms. The Balaban J connectivity index is 3.71. The fourth-order valence-electron chi connectivity index (χ4n) is 2.30. The van der Waals surface area contributed by atoms with Gasteiger partial charge in [-0.2, -0.15) is 0 Å². The highest BCUT2D eigenvalue weighted by Crippen LogP contribution is 2.47. The average Bonchev–Trinajstić information content (AvgIpc) is 2.22. The van der Waals surface area contributed by atoms with Crippen LogP contribution in [0.3, 0.4) is 0 Å². The predicted octanol–water partition coefficient (Wildman–Crippen LogP) is 3.61. The van der Waals surface area contributed by atoms with Crippen molar-refractivity contribution >= 4 is 0 Å². The van der Waals surface area contributed by atoms with E-state index in [1.807, 2.05) is 34.6 Å². The van der Waals surface area contributed by atoms with Crippen LogP contribution in [0.4, 0.5) is 0 Å². The second kappa shape index (κ2) is 4.86. The quantitative estimate of drug-likeness (QED) is 0.557. The van der Waals surface area contributed by atoms with Crippen LogP contribution in [0.15, 0.2) is 0 Å². The van der Waals surface area contributed by atoms with Gasteiger partial charge in [0.25, 0.3) is 0 Å². The smallest absolute Gasteiger partial charge is 0.164 e. The summed E-state index contributed by atoms with van der Waals surface area (Å²) < 4.78 is 0. The summed E-state index contributed by atoms with van der Waals surface area (Å²) in [6.45, 7) is 9.65. The van der Waals surface area contributed by atoms with Crippen LogP contribution in [0.5, 0.6) is 17.2 Å². The van der Waals surface area contributed by atoms with Crippen LogP contribution in [-0.4, -0.2) is 15.3 Å². The third kappa shape index (κ3) is 2.19. The monoisotopic (exact) mass is 238 g/mol. The number of benzene rings is 1. The van der Waals surface area contributed by atoms with Crippen LogP contribution < -0.4 is 0 Å². The van der Waals surface area contributed by atoms with Crippen molar-refractivity contribution in [1.29, 1.82) is 0 Å². The number of phenolic OH excluding ortho intramolecular Hbond substituents is 3. The van der Waals surface area contributed by atoms with Gasteiger partial charge in [-0.1, -0.05) is 34.6 Å². The highest BCUT2D eigenvalue weighted by molar-refractivity contribution is 5.63. The number of hydrogen-bond acceptors (Lipinski definition) is 3. The molecule has 0 unspecified atom stereocenters. The van der Waals surface area contributed by atoms with Crippen LogP contribution in [0, 0.1) is 0 Å². The lowest BCUT2D eigenvalue weighted by molar-refractivity contribution is 0.379. The van der Waals surface area contributed by atoms with E-state index in [1.165, 1.54) is 0 Å². The zero-order valence-electron chi connectivity index (χ0n) is 11.2. The third-order valence-electron chi connectivity index (χ3n) is 3.10. The van der Waals surface area contributed by atoms with Gasteiger partial charge in [0.15, 0.2) is 11.5 Å². The Morgan fingerprint density at radius 2 is 1.18 bits per heavy atom. The standard InChI is InChI=1S/C14H22O3/c1-6-9-12(15)10(7(2)3)11(8(4)5)14(17)13(9)16/h7-8,15-17H,6H2,1-5H3. The van der Waals surface area contributed by atoms with Crippen LogP contribution in [-0.2, 0) is 6.42 Å². The van der Waals surface area contributed by atoms with E-state index in [1.54, 1.807) is 0 Å². The van der Waals surface area contributed by atoms with Crippen molar-refractivity contribution in [2.24, 2.45) is 0 Å². The fourth-order valence-corrected chi connectivity index (χ4v) is 2.30. The summed E-state index contributed by atoms with van der Waals surface area (Å²) in [6.07, 6.45) is 0.489. The summed E-state index contributed by atoms with van der Waals surface area (Å²) in [5.74, 6) is 0.0113. The highest BCUT2D eigenvalue weighted by Gasteiger charge is 2.25. The molecule has 0 spiro atoms. The maximum atomic E-state index is 10.2. The van der Waals surface area contributed by atoms with Gasteiger partial charge in [-0.15, -0.1) is 0 Å². The van der Waals surface area contributed by atoms with E-state index in [2.05, 4.69) is 0 Å². The van der Waals surface area contributed by atoms with E-state index < -0.39 is 0 Å². The Labute approximate surface area is 103 Å². The predicted molar refractivity (Wildman–Crippen MR) is 69.0 cm³/mol. The van der Waals surface area contributed by atoms with Crippen molar-refractivity contribution in [2.45, 2.75) is 52.9 Å². The minimum Gasteiger partial charge on any atom is -0.507 e. The minimum atomic E-state index is -0.182. The molecule has 1 aromatic carbocycles. The summed E-state index contributed by atoms with van der Waals surface area (Å²) in [5, 5.41) is 30.2. The summed E-state index contributed by atoms with van der Waals surface area (Å²) in [7, 11) is 0. The molecule has 0 atom stereocenters. The van der Waals surface area contributed by atoms with Gasteiger partial charge in [0.2, 0.25) is 0 Å². The number of rotatable bonds is 3. The molecular weight excluding hydrogens is 216 g/mol. The molecule has 17 heavy (non-hydrogen) atoms. The molecular formula is C14H22O3. The number of hydrogen-bond donors (Lipinski definition) is 3. The van der Waals surface area contributed by atoms with Gasteiger partial charge < -0.3 is 15.3 Å². The molecule has 0 fully saturated rings. The molecule has 96 valence electrons. The molecule has 0 heterocycles. The van der Waals surface area contributed by atoms with Gasteiger partial charge in [-0.25, -0.2) is 0 Å². The van der Waals surface area contributed by atoms with E-state index in [-0.39, 0.29) is 29.1 Å². The molecule has 0 aromatic heterocycles. The molecule has 3 N–H and O–H groups in total. The van der Waals surface area contributed by atoms with Crippen molar-refractivity contribution in [2.75, 3.05) is 0 Å². The van der Waals surface area contributed by atoms with Crippen molar-refractivity contribution in [3.8, 4) is 17.2 Å². The van der Waals surface area contributed by atoms with Crippen molar-refractivity contribution in [3.05, 3.63) is 16.7 Å². The van der Waals surface area contributed by atoms with E-state index >= 15 is 0 Å². The normalized spacial score (nSPS) is 11.5. The number of phenols is 3. The lowest BCUT2D eigenvalue weighted by Crippen LogP contribution is -2.03. The Morgan fingerprint density at radius 1 is 0.765 bits per heavy atom. The molecule has 3 nitrogen and oxygen atoms in total. The largest absolute Gasteiger partial charge is 0.507 e. The molecule has 0 radical (unpaired) electrons. The summed E-state index contributed by atoms with van der Waals surface area (Å²) >= 11 is 0. The summed E-state index contributed by atoms with van der Waals surface area (Å²) in [4.78, 5) is 0. The van der Waals surface area contributed by atoms with Crippen molar-refractivity contribution in [3.63, 3.8) is 0 Å². The summed E-state index contributed by atoms with van der Waals surface area (Å²) in [5.41, 5.74) is 1.81. The Kier molecular flexibility index (Phi) is 3.91. The van der Waals surface area contributed by atoms with E-state index in [9.17, 15) is 15.3 Å². The lowest BCUT2D eigenvalue weighted by Gasteiger charge is -2.22. The lowest BCUT2D eigenvalue weighted by atomic mass is 9.86. The zero-order chi connectivity index (χ0) is 13.3. The minimum absolute atomic E-state index is 0.0510. The maximum Gasteiger partial charge on any atom is 0.164 e. The second-order valence-corrected chi connectivity index (χ2v) is 5.01. The molecule has 0 bridgehead atoms. The first-order valence-corrected chi connectivity index (χ1v) is 6.12. The van der Waals surface area contributed by atoms with Crippen LogP contribution in [0.2, 0.25) is 0 Å². The van der Waals surface area contributed by atoms with Gasteiger partial charge in [0, 0.05) is 16.7 Å². The topological polar surface area (TPSA) is 60.7 Å². The van der Waals surface area contributed by atoms with E-state index in [4.69, 9.17) is 0 Å². The Bertz CT molecular complexity index is 420. The van der Waals surface area contributed by atoms with Gasteiger partial charge >= 0.3 is 0 Å². The average molecular weight is 238 g/mol. The zero-order valence-corrected chi connectivity index (χ0v) is 11.2. The molecule has 0 aliphatic heterocycles. The van der Waals surface area contributed by atoms with Crippen LogP contribution in [0.1, 0.15) is 63.1 Å². The molecule has 0 aliphatic carbocycles. The molecule has 1 rings (SSSR count).